The summed E-state index contributed by atoms with van der Waals surface area (Å²) in [6, 6.07) is 13.4. The number of hydrazine groups is 1. The highest BCUT2D eigenvalue weighted by Crippen LogP contribution is 2.31. The average molecular weight is 491 g/mol. The van der Waals surface area contributed by atoms with Gasteiger partial charge in [-0.15, -0.1) is 0 Å². The number of benzene rings is 2. The second-order valence-corrected chi connectivity index (χ2v) is 9.27. The van der Waals surface area contributed by atoms with Crippen LogP contribution in [-0.2, 0) is 15.0 Å². The van der Waals surface area contributed by atoms with Crippen LogP contribution in [0.2, 0.25) is 0 Å². The third-order valence-corrected chi connectivity index (χ3v) is 5.54. The lowest BCUT2D eigenvalue weighted by molar-refractivity contribution is -0.131. The molecule has 0 spiro atoms. The molecule has 1 atom stereocenters. The zero-order valence-corrected chi connectivity index (χ0v) is 20.3. The Morgan fingerprint density at radius 2 is 1.55 bits per heavy atom. The first kappa shape index (κ1) is 24.7. The molecule has 31 heavy (non-hydrogen) atoms. The maximum absolute atomic E-state index is 12.0. The van der Waals surface area contributed by atoms with Crippen molar-refractivity contribution in [2.45, 2.75) is 52.4 Å². The molecule has 0 saturated heterocycles. The molecule has 1 unspecified atom stereocenters. The smallest absolute Gasteiger partial charge is 0.276 e. The summed E-state index contributed by atoms with van der Waals surface area (Å²) < 4.78 is 11.9. The van der Waals surface area contributed by atoms with E-state index >= 15 is 0 Å². The van der Waals surface area contributed by atoms with E-state index in [-0.39, 0.29) is 18.6 Å². The summed E-state index contributed by atoms with van der Waals surface area (Å²) in [5.74, 6) is 0.626. The van der Waals surface area contributed by atoms with Gasteiger partial charge in [0.1, 0.15) is 11.5 Å². The van der Waals surface area contributed by atoms with Crippen molar-refractivity contribution in [1.29, 1.82) is 0 Å². The predicted octanol–water partition coefficient (Wildman–Crippen LogP) is 4.87. The molecule has 168 valence electrons. The Kier molecular flexibility index (Phi) is 8.92. The van der Waals surface area contributed by atoms with Crippen molar-refractivity contribution >= 4 is 27.7 Å². The molecule has 2 N–H and O–H groups in total. The summed E-state index contributed by atoms with van der Waals surface area (Å²) >= 11 is 3.47. The zero-order chi connectivity index (χ0) is 23.0. The van der Waals surface area contributed by atoms with Gasteiger partial charge < -0.3 is 9.47 Å². The second-order valence-electron chi connectivity index (χ2n) is 8.42. The number of ether oxygens (including phenoxy) is 2. The molecule has 2 amide bonds. The van der Waals surface area contributed by atoms with Crippen LogP contribution in [0.4, 0.5) is 0 Å². The van der Waals surface area contributed by atoms with Crippen LogP contribution in [-0.4, -0.2) is 25.0 Å². The molecule has 2 aromatic rings. The minimum Gasteiger partial charge on any atom is -0.483 e. The van der Waals surface area contributed by atoms with Crippen LogP contribution in [0.3, 0.4) is 0 Å². The van der Waals surface area contributed by atoms with E-state index < -0.39 is 11.8 Å². The van der Waals surface area contributed by atoms with Gasteiger partial charge in [-0.05, 0) is 63.0 Å². The first-order valence-electron chi connectivity index (χ1n) is 10.3. The van der Waals surface area contributed by atoms with E-state index in [0.29, 0.717) is 17.4 Å². The monoisotopic (exact) mass is 490 g/mol. The van der Waals surface area contributed by atoms with Crippen molar-refractivity contribution in [2.75, 3.05) is 13.2 Å². The fourth-order valence-corrected chi connectivity index (χ4v) is 3.31. The first-order valence-corrected chi connectivity index (χ1v) is 11.1. The summed E-state index contributed by atoms with van der Waals surface area (Å²) in [6.45, 7) is 10.1. The number of hydrogen-bond donors (Lipinski definition) is 2. The summed E-state index contributed by atoms with van der Waals surface area (Å²) in [7, 11) is 0. The second kappa shape index (κ2) is 11.2. The Labute approximate surface area is 192 Å². The molecule has 0 saturated carbocycles. The molecule has 2 rings (SSSR count). The molecule has 0 aliphatic heterocycles. The Balaban J connectivity index is 1.79. The van der Waals surface area contributed by atoms with Crippen molar-refractivity contribution in [3.63, 3.8) is 0 Å². The van der Waals surface area contributed by atoms with E-state index in [4.69, 9.17) is 9.47 Å². The van der Waals surface area contributed by atoms with Gasteiger partial charge in [0.15, 0.2) is 13.2 Å². The van der Waals surface area contributed by atoms with Crippen LogP contribution in [0.25, 0.3) is 0 Å². The maximum Gasteiger partial charge on any atom is 0.276 e. The molecule has 0 aromatic heterocycles. The number of hydrogen-bond acceptors (Lipinski definition) is 4. The van der Waals surface area contributed by atoms with Crippen molar-refractivity contribution in [2.24, 2.45) is 0 Å². The van der Waals surface area contributed by atoms with Gasteiger partial charge >= 0.3 is 0 Å². The van der Waals surface area contributed by atoms with Gasteiger partial charge in [-0.3, -0.25) is 20.4 Å². The molecule has 0 heterocycles. The molecule has 0 aliphatic carbocycles. The van der Waals surface area contributed by atoms with Crippen LogP contribution in [0.1, 0.15) is 58.1 Å². The summed E-state index contributed by atoms with van der Waals surface area (Å²) in [5, 5.41) is 0. The highest BCUT2D eigenvalue weighted by atomic mass is 79.9. The van der Waals surface area contributed by atoms with Crippen LogP contribution in [0.5, 0.6) is 11.5 Å². The van der Waals surface area contributed by atoms with Crippen LogP contribution in [0, 0.1) is 0 Å². The fourth-order valence-electron chi connectivity index (χ4n) is 2.82. The van der Waals surface area contributed by atoms with Gasteiger partial charge in [0, 0.05) is 0 Å². The Hall–Kier alpha value is -2.54. The van der Waals surface area contributed by atoms with Crippen molar-refractivity contribution in [1.82, 2.24) is 10.9 Å². The molecule has 0 fully saturated rings. The molecule has 7 heteroatoms. The van der Waals surface area contributed by atoms with E-state index in [2.05, 4.69) is 61.4 Å². The van der Waals surface area contributed by atoms with Gasteiger partial charge in [0.25, 0.3) is 11.8 Å². The van der Waals surface area contributed by atoms with Gasteiger partial charge in [-0.1, -0.05) is 58.9 Å². The molecule has 6 nitrogen and oxygen atoms in total. The number of carbonyl (C=O) groups is 2. The number of amides is 2. The SMILES string of the molecule is CCC(C)c1ccccc1OCC(=O)NNC(=O)COc1ccc(C(C)(C)C)cc1Br. The molecule has 0 radical (unpaired) electrons. The zero-order valence-electron chi connectivity index (χ0n) is 18.8. The van der Waals surface area contributed by atoms with E-state index in [1.54, 1.807) is 0 Å². The molecule has 0 aliphatic rings. The highest BCUT2D eigenvalue weighted by Gasteiger charge is 2.16. The molecular formula is C24H31BrN2O4. The minimum absolute atomic E-state index is 0.0138. The fraction of sp³-hybridized carbons (Fsp3) is 0.417. The van der Waals surface area contributed by atoms with Gasteiger partial charge in [0.05, 0.1) is 4.47 Å². The number of carbonyl (C=O) groups excluding carboxylic acids is 2. The number of nitrogens with one attached hydrogen (secondary N) is 2. The van der Waals surface area contributed by atoms with Crippen molar-refractivity contribution in [3.8, 4) is 11.5 Å². The lowest BCUT2D eigenvalue weighted by Gasteiger charge is -2.20. The number of halogens is 1. The summed E-state index contributed by atoms with van der Waals surface area (Å²) in [5.41, 5.74) is 6.89. The number of rotatable bonds is 8. The Morgan fingerprint density at radius 1 is 0.968 bits per heavy atom. The van der Waals surface area contributed by atoms with Crippen molar-refractivity contribution < 1.29 is 19.1 Å². The van der Waals surface area contributed by atoms with Crippen LogP contribution >= 0.6 is 15.9 Å². The molecular weight excluding hydrogens is 460 g/mol. The first-order chi connectivity index (χ1) is 14.6. The largest absolute Gasteiger partial charge is 0.483 e. The molecule has 0 bridgehead atoms. The predicted molar refractivity (Wildman–Crippen MR) is 125 cm³/mol. The van der Waals surface area contributed by atoms with E-state index in [1.165, 1.54) is 0 Å². The van der Waals surface area contributed by atoms with E-state index in [9.17, 15) is 9.59 Å². The van der Waals surface area contributed by atoms with E-state index in [1.807, 2.05) is 42.5 Å². The normalized spacial score (nSPS) is 12.1. The average Bonchev–Trinajstić information content (AvgIpc) is 2.74. The van der Waals surface area contributed by atoms with Crippen molar-refractivity contribution in [3.05, 3.63) is 58.1 Å². The highest BCUT2D eigenvalue weighted by molar-refractivity contribution is 9.10. The molecule has 2 aromatic carbocycles. The summed E-state index contributed by atoms with van der Waals surface area (Å²) in [6.07, 6.45) is 0.970. The maximum atomic E-state index is 12.0. The summed E-state index contributed by atoms with van der Waals surface area (Å²) in [4.78, 5) is 24.0. The Morgan fingerprint density at radius 3 is 2.10 bits per heavy atom. The van der Waals surface area contributed by atoms with Gasteiger partial charge in [-0.25, -0.2) is 0 Å². The number of para-hydroxylation sites is 1. The third-order valence-electron chi connectivity index (χ3n) is 4.92. The van der Waals surface area contributed by atoms with E-state index in [0.717, 1.165) is 22.0 Å². The van der Waals surface area contributed by atoms with Crippen LogP contribution in [0.15, 0.2) is 46.9 Å². The van der Waals surface area contributed by atoms with Gasteiger partial charge in [-0.2, -0.15) is 0 Å². The Bertz CT molecular complexity index is 909. The minimum atomic E-state index is -0.472. The standard InChI is InChI=1S/C24H31BrN2O4/c1-6-16(2)18-9-7-8-10-20(18)30-14-22(28)26-27-23(29)15-31-21-12-11-17(13-19(21)25)24(3,4)5/h7-13,16H,6,14-15H2,1-5H3,(H,26,28)(H,27,29). The topological polar surface area (TPSA) is 76.7 Å². The lowest BCUT2D eigenvalue weighted by atomic mass is 9.87. The lowest BCUT2D eigenvalue weighted by Crippen LogP contribution is -2.45. The van der Waals surface area contributed by atoms with Gasteiger partial charge in [0.2, 0.25) is 0 Å². The van der Waals surface area contributed by atoms with Crippen LogP contribution < -0.4 is 20.3 Å². The third kappa shape index (κ3) is 7.58. The quantitative estimate of drug-likeness (QED) is 0.517.